The van der Waals surface area contributed by atoms with Gasteiger partial charge in [-0.2, -0.15) is 0 Å². The average Bonchev–Trinajstić information content (AvgIpc) is 1.84. The third kappa shape index (κ3) is 3.86. The summed E-state index contributed by atoms with van der Waals surface area (Å²) in [7, 11) is 0. The first-order valence-corrected chi connectivity index (χ1v) is 4.88. The summed E-state index contributed by atoms with van der Waals surface area (Å²) in [5, 5.41) is 0. The van der Waals surface area contributed by atoms with E-state index in [1.54, 1.807) is 0 Å². The van der Waals surface area contributed by atoms with Gasteiger partial charge in [0, 0.05) is 0 Å². The fraction of sp³-hybridized carbons (Fsp3) is 0.250. The van der Waals surface area contributed by atoms with Crippen LogP contribution in [0.4, 0.5) is 0 Å². The van der Waals surface area contributed by atoms with Crippen LogP contribution in [-0.2, 0) is 11.5 Å². The van der Waals surface area contributed by atoms with Gasteiger partial charge in [-0.1, -0.05) is 0 Å². The third-order valence-corrected chi connectivity index (χ3v) is 1.83. The zero-order chi connectivity index (χ0) is 7.33. The van der Waals surface area contributed by atoms with Crippen LogP contribution in [0.25, 0.3) is 3.86 Å². The second-order valence-corrected chi connectivity index (χ2v) is 3.76. The van der Waals surface area contributed by atoms with Crippen LogP contribution in [-0.4, -0.2) is 19.9 Å². The molecule has 0 fully saturated rings. The molecular formula is C4H5NO3Se. The van der Waals surface area contributed by atoms with Crippen LogP contribution in [0.2, 0.25) is 0 Å². The Bertz CT molecular complexity index is 223. The zero-order valence-electron chi connectivity index (χ0n) is 4.57. The van der Waals surface area contributed by atoms with Crippen molar-refractivity contribution in [2.45, 2.75) is 0 Å². The third-order valence-electron chi connectivity index (χ3n) is 0.447. The molecule has 0 atom stereocenters. The van der Waals surface area contributed by atoms with Crippen molar-refractivity contribution in [2.75, 3.05) is 6.61 Å². The molecular weight excluding hydrogens is 189 g/mol. The SMILES string of the molecule is [C-]#[N+][Se](=O)(=O)OCC=C. The molecule has 0 aromatic rings. The molecule has 0 aromatic carbocycles. The average molecular weight is 194 g/mol. The standard InChI is InChI=1S/C4H5NO3Se/c1-3-4-8-9(6,7)5-2/h3H,1,4H2. The molecule has 0 amide bonds. The van der Waals surface area contributed by atoms with E-state index >= 15 is 0 Å². The van der Waals surface area contributed by atoms with Gasteiger partial charge >= 0.3 is 54.4 Å². The monoisotopic (exact) mass is 195 g/mol. The van der Waals surface area contributed by atoms with Crippen LogP contribution in [0.3, 0.4) is 0 Å². The van der Waals surface area contributed by atoms with Crippen molar-refractivity contribution in [3.05, 3.63) is 23.1 Å². The topological polar surface area (TPSA) is 47.7 Å². The second kappa shape index (κ2) is 3.36. The van der Waals surface area contributed by atoms with Gasteiger partial charge in [0.05, 0.1) is 0 Å². The van der Waals surface area contributed by atoms with Crippen LogP contribution in [0.5, 0.6) is 0 Å². The number of rotatable bonds is 3. The molecule has 50 valence electrons. The van der Waals surface area contributed by atoms with Crippen LogP contribution < -0.4 is 0 Å². The van der Waals surface area contributed by atoms with E-state index in [0.717, 1.165) is 0 Å². The Morgan fingerprint density at radius 1 is 1.78 bits per heavy atom. The summed E-state index contributed by atoms with van der Waals surface area (Å²) in [6.07, 6.45) is 1.27. The quantitative estimate of drug-likeness (QED) is 0.371. The first kappa shape index (κ1) is 8.31. The van der Waals surface area contributed by atoms with Crippen molar-refractivity contribution in [3.8, 4) is 0 Å². The van der Waals surface area contributed by atoms with Gasteiger partial charge in [0.25, 0.3) is 0 Å². The molecule has 4 nitrogen and oxygen atoms in total. The van der Waals surface area contributed by atoms with E-state index in [1.165, 1.54) is 6.08 Å². The molecule has 0 spiro atoms. The molecule has 0 rings (SSSR count). The molecule has 9 heavy (non-hydrogen) atoms. The van der Waals surface area contributed by atoms with Crippen molar-refractivity contribution in [1.29, 1.82) is 0 Å². The molecule has 0 aromatic heterocycles. The maximum atomic E-state index is 10.2. The van der Waals surface area contributed by atoms with E-state index in [4.69, 9.17) is 6.57 Å². The number of hydrogen-bond acceptors (Lipinski definition) is 3. The minimum atomic E-state index is -4.64. The zero-order valence-corrected chi connectivity index (χ0v) is 6.28. The summed E-state index contributed by atoms with van der Waals surface area (Å²) in [5.41, 5.74) is 0. The van der Waals surface area contributed by atoms with Crippen LogP contribution >= 0.6 is 0 Å². The fourth-order valence-electron chi connectivity index (χ4n) is 0.160. The van der Waals surface area contributed by atoms with Gasteiger partial charge in [-0.25, -0.2) is 0 Å². The molecule has 0 bridgehead atoms. The summed E-state index contributed by atoms with van der Waals surface area (Å²) < 4.78 is 26.8. The molecule has 0 aliphatic carbocycles. The van der Waals surface area contributed by atoms with Crippen molar-refractivity contribution in [1.82, 2.24) is 0 Å². The van der Waals surface area contributed by atoms with E-state index in [2.05, 4.69) is 14.3 Å². The Kier molecular flexibility index (Phi) is 3.10. The Balaban J connectivity index is 3.94. The molecule has 0 N–H and O–H groups in total. The molecule has 0 aliphatic heterocycles. The summed E-state index contributed by atoms with van der Waals surface area (Å²) in [4.78, 5) is 0. The van der Waals surface area contributed by atoms with Crippen molar-refractivity contribution in [3.63, 3.8) is 0 Å². The number of hydrogen-bond donors (Lipinski definition) is 0. The first-order valence-electron chi connectivity index (χ1n) is 2.01. The maximum absolute atomic E-state index is 10.2. The molecule has 0 unspecified atom stereocenters. The van der Waals surface area contributed by atoms with Crippen molar-refractivity contribution in [2.24, 2.45) is 0 Å². The Hall–Kier alpha value is -0.691. The Morgan fingerprint density at radius 3 is 2.67 bits per heavy atom. The van der Waals surface area contributed by atoms with E-state index in [-0.39, 0.29) is 6.61 Å². The second-order valence-electron chi connectivity index (χ2n) is 1.09. The van der Waals surface area contributed by atoms with Crippen molar-refractivity contribution < 1.29 is 11.5 Å². The first-order chi connectivity index (χ1) is 4.12. The van der Waals surface area contributed by atoms with Crippen LogP contribution in [0, 0.1) is 6.57 Å². The van der Waals surface area contributed by atoms with Gasteiger partial charge in [-0.05, 0) is 0 Å². The minimum absolute atomic E-state index is 0.116. The fourth-order valence-corrected chi connectivity index (χ4v) is 0.834. The van der Waals surface area contributed by atoms with Crippen molar-refractivity contribution >= 4 is 13.3 Å². The Labute approximate surface area is 55.1 Å². The summed E-state index contributed by atoms with van der Waals surface area (Å²) in [6, 6.07) is 0. The van der Waals surface area contributed by atoms with Gasteiger partial charge in [-0.15, -0.1) is 0 Å². The molecule has 0 heterocycles. The normalized spacial score (nSPS) is 10.1. The van der Waals surface area contributed by atoms with Gasteiger partial charge in [0.15, 0.2) is 0 Å². The van der Waals surface area contributed by atoms with E-state index in [0.29, 0.717) is 0 Å². The molecule has 0 aliphatic rings. The molecule has 0 radical (unpaired) electrons. The van der Waals surface area contributed by atoms with E-state index in [9.17, 15) is 7.67 Å². The predicted molar refractivity (Wildman–Crippen MR) is 29.9 cm³/mol. The van der Waals surface area contributed by atoms with E-state index in [1.807, 2.05) is 0 Å². The van der Waals surface area contributed by atoms with Gasteiger partial charge in [0.2, 0.25) is 0 Å². The van der Waals surface area contributed by atoms with Gasteiger partial charge in [-0.3, -0.25) is 0 Å². The van der Waals surface area contributed by atoms with Crippen LogP contribution in [0.15, 0.2) is 12.7 Å². The number of nitrogens with zero attached hydrogens (tertiary/aromatic N) is 1. The van der Waals surface area contributed by atoms with Gasteiger partial charge < -0.3 is 0 Å². The Morgan fingerprint density at radius 2 is 2.33 bits per heavy atom. The molecule has 5 heteroatoms. The van der Waals surface area contributed by atoms with Gasteiger partial charge in [0.1, 0.15) is 0 Å². The predicted octanol–water partition coefficient (Wildman–Crippen LogP) is 0.405. The summed E-state index contributed by atoms with van der Waals surface area (Å²) in [6.45, 7) is 9.20. The molecule has 0 saturated heterocycles. The summed E-state index contributed by atoms with van der Waals surface area (Å²) in [5.74, 6) is 0. The summed E-state index contributed by atoms with van der Waals surface area (Å²) >= 11 is -4.64. The van der Waals surface area contributed by atoms with E-state index < -0.39 is 13.3 Å². The molecule has 0 saturated carbocycles. The van der Waals surface area contributed by atoms with Crippen LogP contribution in [0.1, 0.15) is 0 Å².